The van der Waals surface area contributed by atoms with Crippen LogP contribution in [0.2, 0.25) is 0 Å². The molecule has 1 aliphatic heterocycles. The fourth-order valence-electron chi connectivity index (χ4n) is 2.64. The van der Waals surface area contributed by atoms with Crippen molar-refractivity contribution in [2.75, 3.05) is 31.1 Å². The molecule has 1 fully saturated rings. The zero-order chi connectivity index (χ0) is 16.4. The lowest BCUT2D eigenvalue weighted by atomic mass is 10.1. The number of hydrogen-bond donors (Lipinski definition) is 0. The molecule has 4 nitrogen and oxygen atoms in total. The van der Waals surface area contributed by atoms with Crippen LogP contribution in [-0.4, -0.2) is 37.0 Å². The molecule has 0 aliphatic carbocycles. The Kier molecular flexibility index (Phi) is 4.64. The van der Waals surface area contributed by atoms with E-state index in [0.29, 0.717) is 37.4 Å². The first-order valence-electron chi connectivity index (χ1n) is 7.07. The van der Waals surface area contributed by atoms with E-state index in [4.69, 9.17) is 5.26 Å². The zero-order valence-electron chi connectivity index (χ0n) is 12.1. The van der Waals surface area contributed by atoms with E-state index in [1.807, 2.05) is 22.4 Å². The van der Waals surface area contributed by atoms with Crippen LogP contribution in [0.25, 0.3) is 0 Å². The topological polar surface area (TPSA) is 47.3 Å². The number of amides is 1. The summed E-state index contributed by atoms with van der Waals surface area (Å²) in [5.41, 5.74) is 1.34. The molecule has 1 saturated heterocycles. The quantitative estimate of drug-likeness (QED) is 0.784. The van der Waals surface area contributed by atoms with Crippen molar-refractivity contribution in [1.29, 1.82) is 5.26 Å². The third-order valence-corrected chi connectivity index (χ3v) is 5.33. The lowest BCUT2D eigenvalue weighted by molar-refractivity contribution is 0.0747. The van der Waals surface area contributed by atoms with E-state index in [0.717, 1.165) is 3.79 Å². The second-order valence-electron chi connectivity index (χ2n) is 5.16. The van der Waals surface area contributed by atoms with Crippen LogP contribution in [0.15, 0.2) is 33.4 Å². The summed E-state index contributed by atoms with van der Waals surface area (Å²) in [6.45, 7) is 2.26. The molecular weight excluding hydrogens is 381 g/mol. The van der Waals surface area contributed by atoms with Crippen LogP contribution in [-0.2, 0) is 0 Å². The molecule has 1 aromatic carbocycles. The van der Waals surface area contributed by atoms with Crippen molar-refractivity contribution in [2.24, 2.45) is 0 Å². The highest BCUT2D eigenvalue weighted by Gasteiger charge is 2.24. The summed E-state index contributed by atoms with van der Waals surface area (Å²) in [5.74, 6) is -0.502. The van der Waals surface area contributed by atoms with Crippen LogP contribution in [0.1, 0.15) is 15.9 Å². The fourth-order valence-corrected chi connectivity index (χ4v) is 3.77. The minimum atomic E-state index is -0.508. The van der Waals surface area contributed by atoms with Gasteiger partial charge in [-0.15, -0.1) is 11.3 Å². The number of piperazine rings is 1. The third-order valence-electron chi connectivity index (χ3n) is 3.83. The number of thiophene rings is 1. The molecule has 0 bridgehead atoms. The lowest BCUT2D eigenvalue weighted by Gasteiger charge is -2.36. The zero-order valence-corrected chi connectivity index (χ0v) is 14.5. The lowest BCUT2D eigenvalue weighted by Crippen LogP contribution is -2.49. The molecule has 3 rings (SSSR count). The van der Waals surface area contributed by atoms with Gasteiger partial charge in [-0.1, -0.05) is 6.07 Å². The van der Waals surface area contributed by atoms with Gasteiger partial charge in [0.15, 0.2) is 0 Å². The van der Waals surface area contributed by atoms with Crippen molar-refractivity contribution in [3.8, 4) is 6.07 Å². The second kappa shape index (κ2) is 6.69. The predicted octanol–water partition coefficient (Wildman–Crippen LogP) is 3.48. The predicted molar refractivity (Wildman–Crippen MR) is 91.3 cm³/mol. The van der Waals surface area contributed by atoms with Gasteiger partial charge in [-0.25, -0.2) is 4.39 Å². The highest BCUT2D eigenvalue weighted by Crippen LogP contribution is 2.25. The molecule has 1 aliphatic rings. The Morgan fingerprint density at radius 3 is 2.65 bits per heavy atom. The van der Waals surface area contributed by atoms with Crippen LogP contribution in [0, 0.1) is 17.1 Å². The second-order valence-corrected chi connectivity index (χ2v) is 7.45. The third kappa shape index (κ3) is 3.23. The Hall–Kier alpha value is -1.91. The maximum Gasteiger partial charge on any atom is 0.254 e. The molecule has 0 saturated carbocycles. The molecule has 0 N–H and O–H groups in total. The van der Waals surface area contributed by atoms with Crippen LogP contribution < -0.4 is 4.90 Å². The van der Waals surface area contributed by atoms with Crippen molar-refractivity contribution in [2.45, 2.75) is 0 Å². The average molecular weight is 394 g/mol. The molecule has 2 aromatic rings. The van der Waals surface area contributed by atoms with Gasteiger partial charge < -0.3 is 9.80 Å². The van der Waals surface area contributed by atoms with Crippen molar-refractivity contribution in [1.82, 2.24) is 4.90 Å². The SMILES string of the molecule is N#Cc1c(F)cccc1N1CCN(C(=O)c2csc(Br)c2)CC1. The van der Waals surface area contributed by atoms with Gasteiger partial charge in [0, 0.05) is 31.6 Å². The minimum Gasteiger partial charge on any atom is -0.367 e. The molecular formula is C16H13BrFN3OS. The molecule has 0 unspecified atom stereocenters. The molecule has 2 heterocycles. The maximum absolute atomic E-state index is 13.7. The van der Waals surface area contributed by atoms with E-state index < -0.39 is 5.82 Å². The molecule has 0 atom stereocenters. The summed E-state index contributed by atoms with van der Waals surface area (Å²) in [7, 11) is 0. The van der Waals surface area contributed by atoms with Gasteiger partial charge in [-0.2, -0.15) is 5.26 Å². The van der Waals surface area contributed by atoms with Gasteiger partial charge in [-0.05, 0) is 34.1 Å². The molecule has 1 aromatic heterocycles. The number of carbonyl (C=O) groups is 1. The summed E-state index contributed by atoms with van der Waals surface area (Å²) in [5, 5.41) is 11.0. The summed E-state index contributed by atoms with van der Waals surface area (Å²) in [4.78, 5) is 16.2. The van der Waals surface area contributed by atoms with Gasteiger partial charge >= 0.3 is 0 Å². The van der Waals surface area contributed by atoms with Crippen LogP contribution in [0.5, 0.6) is 0 Å². The highest BCUT2D eigenvalue weighted by atomic mass is 79.9. The summed E-state index contributed by atoms with van der Waals surface area (Å²) >= 11 is 4.84. The highest BCUT2D eigenvalue weighted by molar-refractivity contribution is 9.11. The number of benzene rings is 1. The Bertz CT molecular complexity index is 778. The Morgan fingerprint density at radius 2 is 2.04 bits per heavy atom. The van der Waals surface area contributed by atoms with Crippen molar-refractivity contribution >= 4 is 38.9 Å². The number of rotatable bonds is 2. The number of anilines is 1. The minimum absolute atomic E-state index is 0.00588. The van der Waals surface area contributed by atoms with Gasteiger partial charge in [-0.3, -0.25) is 4.79 Å². The molecule has 23 heavy (non-hydrogen) atoms. The largest absolute Gasteiger partial charge is 0.367 e. The van der Waals surface area contributed by atoms with E-state index in [1.54, 1.807) is 17.0 Å². The number of hydrogen-bond acceptors (Lipinski definition) is 4. The van der Waals surface area contributed by atoms with Gasteiger partial charge in [0.05, 0.1) is 15.0 Å². The van der Waals surface area contributed by atoms with Gasteiger partial charge in [0.2, 0.25) is 0 Å². The smallest absolute Gasteiger partial charge is 0.254 e. The van der Waals surface area contributed by atoms with E-state index in [9.17, 15) is 9.18 Å². The summed E-state index contributed by atoms with van der Waals surface area (Å²) in [6, 6.07) is 8.38. The van der Waals surface area contributed by atoms with Crippen LogP contribution in [0.4, 0.5) is 10.1 Å². The maximum atomic E-state index is 13.7. The van der Waals surface area contributed by atoms with Crippen molar-refractivity contribution in [3.05, 3.63) is 50.4 Å². The number of nitriles is 1. The van der Waals surface area contributed by atoms with E-state index in [1.165, 1.54) is 17.4 Å². The van der Waals surface area contributed by atoms with Crippen molar-refractivity contribution < 1.29 is 9.18 Å². The molecule has 118 valence electrons. The first kappa shape index (κ1) is 16.0. The summed E-state index contributed by atoms with van der Waals surface area (Å²) in [6.07, 6.45) is 0. The number of halogens is 2. The fraction of sp³-hybridized carbons (Fsp3) is 0.250. The van der Waals surface area contributed by atoms with Gasteiger partial charge in [0.1, 0.15) is 17.4 Å². The Balaban J connectivity index is 1.71. The monoisotopic (exact) mass is 393 g/mol. The normalized spacial score (nSPS) is 14.7. The molecule has 7 heteroatoms. The van der Waals surface area contributed by atoms with E-state index in [2.05, 4.69) is 15.9 Å². The van der Waals surface area contributed by atoms with Gasteiger partial charge in [0.25, 0.3) is 5.91 Å². The standard InChI is InChI=1S/C16H13BrFN3OS/c17-15-8-11(10-23-15)16(22)21-6-4-20(5-7-21)14-3-1-2-13(18)12(14)9-19/h1-3,8,10H,4-7H2. The Labute approximate surface area is 145 Å². The first-order chi connectivity index (χ1) is 11.1. The molecule has 1 amide bonds. The Morgan fingerprint density at radius 1 is 1.30 bits per heavy atom. The van der Waals surface area contributed by atoms with Crippen LogP contribution >= 0.6 is 27.3 Å². The molecule has 0 spiro atoms. The van der Waals surface area contributed by atoms with E-state index in [-0.39, 0.29) is 11.5 Å². The average Bonchev–Trinajstić information content (AvgIpc) is 3.00. The summed E-state index contributed by atoms with van der Waals surface area (Å²) < 4.78 is 14.6. The van der Waals surface area contributed by atoms with Crippen molar-refractivity contribution in [3.63, 3.8) is 0 Å². The molecule has 0 radical (unpaired) electrons. The first-order valence-corrected chi connectivity index (χ1v) is 8.74. The van der Waals surface area contributed by atoms with E-state index >= 15 is 0 Å². The van der Waals surface area contributed by atoms with Crippen LogP contribution in [0.3, 0.4) is 0 Å². The number of carbonyl (C=O) groups excluding carboxylic acids is 1. The number of nitrogens with zero attached hydrogens (tertiary/aromatic N) is 3.